The smallest absolute Gasteiger partial charge is 0.251 e. The van der Waals surface area contributed by atoms with E-state index in [9.17, 15) is 4.79 Å². The van der Waals surface area contributed by atoms with Crippen LogP contribution in [0.1, 0.15) is 20.9 Å². The number of hydrogen-bond donors (Lipinski definition) is 1. The lowest BCUT2D eigenvalue weighted by Gasteiger charge is -2.06. The Kier molecular flexibility index (Phi) is 5.67. The summed E-state index contributed by atoms with van der Waals surface area (Å²) in [6, 6.07) is 14.8. The van der Waals surface area contributed by atoms with Crippen LogP contribution in [0.25, 0.3) is 16.3 Å². The fourth-order valence-corrected chi connectivity index (χ4v) is 4.19. The first kappa shape index (κ1) is 19.9. The Labute approximate surface area is 178 Å². The van der Waals surface area contributed by atoms with Gasteiger partial charge in [0.25, 0.3) is 5.91 Å². The highest BCUT2D eigenvalue weighted by molar-refractivity contribution is 7.17. The number of nitrogens with one attached hydrogen (secondary N) is 1. The molecule has 154 valence electrons. The molecule has 30 heavy (non-hydrogen) atoms. The van der Waals surface area contributed by atoms with Crippen molar-refractivity contribution in [3.05, 3.63) is 64.7 Å². The number of rotatable bonds is 7. The van der Waals surface area contributed by atoms with Gasteiger partial charge in [-0.25, -0.2) is 4.52 Å². The maximum atomic E-state index is 12.4. The summed E-state index contributed by atoms with van der Waals surface area (Å²) in [6.07, 6.45) is 0.717. The average molecular weight is 423 g/mol. The normalized spacial score (nSPS) is 10.9. The molecule has 2 aromatic carbocycles. The lowest BCUT2D eigenvalue weighted by molar-refractivity contribution is 0.0954. The summed E-state index contributed by atoms with van der Waals surface area (Å²) in [5.74, 6) is 2.03. The van der Waals surface area contributed by atoms with Gasteiger partial charge in [-0.2, -0.15) is 4.98 Å². The third-order valence-corrected chi connectivity index (χ3v) is 6.02. The Bertz CT molecular complexity index is 1180. The number of carbonyl (C=O) groups is 1. The second-order valence-corrected chi connectivity index (χ2v) is 7.77. The number of hydrogen-bond acceptors (Lipinski definition) is 6. The summed E-state index contributed by atoms with van der Waals surface area (Å²) in [5, 5.41) is 7.60. The first-order valence-electron chi connectivity index (χ1n) is 9.50. The second-order valence-electron chi connectivity index (χ2n) is 6.71. The zero-order valence-electron chi connectivity index (χ0n) is 17.0. The molecule has 0 atom stereocenters. The van der Waals surface area contributed by atoms with Crippen molar-refractivity contribution in [1.29, 1.82) is 0 Å². The van der Waals surface area contributed by atoms with Crippen LogP contribution in [0.15, 0.2) is 48.5 Å². The quantitative estimate of drug-likeness (QED) is 0.491. The van der Waals surface area contributed by atoms with Crippen LogP contribution in [-0.4, -0.2) is 41.3 Å². The van der Waals surface area contributed by atoms with Gasteiger partial charge in [-0.1, -0.05) is 17.4 Å². The van der Waals surface area contributed by atoms with E-state index in [2.05, 4.69) is 15.4 Å². The number of carbonyl (C=O) groups excluding carboxylic acids is 1. The number of thiazole rings is 1. The molecule has 4 rings (SSSR count). The lowest BCUT2D eigenvalue weighted by atomic mass is 10.2. The summed E-state index contributed by atoms with van der Waals surface area (Å²) in [4.78, 5) is 19.0. The maximum absolute atomic E-state index is 12.4. The van der Waals surface area contributed by atoms with Crippen molar-refractivity contribution < 1.29 is 14.3 Å². The van der Waals surface area contributed by atoms with E-state index in [-0.39, 0.29) is 5.91 Å². The minimum atomic E-state index is -0.118. The van der Waals surface area contributed by atoms with Crippen molar-refractivity contribution >= 4 is 22.2 Å². The third kappa shape index (κ3) is 3.99. The predicted octanol–water partition coefficient (Wildman–Crippen LogP) is 3.76. The summed E-state index contributed by atoms with van der Waals surface area (Å²) in [5.41, 5.74) is 2.56. The molecule has 1 N–H and O–H groups in total. The fourth-order valence-electron chi connectivity index (χ4n) is 3.13. The molecule has 0 bridgehead atoms. The Hall–Kier alpha value is -3.39. The number of nitrogens with zero attached hydrogens (tertiary/aromatic N) is 3. The molecular weight excluding hydrogens is 400 g/mol. The molecule has 0 fully saturated rings. The zero-order chi connectivity index (χ0) is 21.1. The van der Waals surface area contributed by atoms with Gasteiger partial charge in [0, 0.05) is 29.0 Å². The van der Waals surface area contributed by atoms with E-state index in [1.54, 1.807) is 43.8 Å². The molecule has 2 aromatic heterocycles. The molecule has 8 heteroatoms. The monoisotopic (exact) mass is 422 g/mol. The van der Waals surface area contributed by atoms with Gasteiger partial charge < -0.3 is 14.8 Å². The molecule has 0 aliphatic rings. The highest BCUT2D eigenvalue weighted by Crippen LogP contribution is 2.26. The van der Waals surface area contributed by atoms with E-state index in [4.69, 9.17) is 9.47 Å². The zero-order valence-corrected chi connectivity index (χ0v) is 17.8. The van der Waals surface area contributed by atoms with Crippen LogP contribution in [-0.2, 0) is 6.42 Å². The number of methoxy groups -OCH3 is 2. The first-order valence-corrected chi connectivity index (χ1v) is 10.3. The van der Waals surface area contributed by atoms with Crippen LogP contribution in [0.2, 0.25) is 0 Å². The topological polar surface area (TPSA) is 77.8 Å². The van der Waals surface area contributed by atoms with Crippen LogP contribution < -0.4 is 14.8 Å². The van der Waals surface area contributed by atoms with Crippen molar-refractivity contribution in [3.8, 4) is 22.9 Å². The lowest BCUT2D eigenvalue weighted by Crippen LogP contribution is -2.25. The first-order chi connectivity index (χ1) is 14.6. The van der Waals surface area contributed by atoms with Crippen molar-refractivity contribution in [2.24, 2.45) is 0 Å². The fraction of sp³-hybridized carbons (Fsp3) is 0.227. The molecule has 7 nitrogen and oxygen atoms in total. The van der Waals surface area contributed by atoms with Crippen LogP contribution in [0.4, 0.5) is 0 Å². The molecule has 0 aliphatic heterocycles. The molecule has 0 saturated heterocycles. The van der Waals surface area contributed by atoms with Gasteiger partial charge in [-0.05, 0) is 49.4 Å². The van der Waals surface area contributed by atoms with Crippen molar-refractivity contribution in [2.75, 3.05) is 20.8 Å². The number of benzene rings is 2. The van der Waals surface area contributed by atoms with E-state index in [0.717, 1.165) is 33.3 Å². The Morgan fingerprint density at radius 1 is 1.10 bits per heavy atom. The number of amides is 1. The number of ether oxygens (including phenoxy) is 2. The Balaban J connectivity index is 1.42. The SMILES string of the molecule is COc1ccc(-c2nc3sc(CCNC(=O)c4cccc(OC)c4)c(C)n3n2)cc1. The van der Waals surface area contributed by atoms with Crippen molar-refractivity contribution in [3.63, 3.8) is 0 Å². The van der Waals surface area contributed by atoms with Crippen LogP contribution in [0.3, 0.4) is 0 Å². The van der Waals surface area contributed by atoms with Crippen LogP contribution in [0, 0.1) is 6.92 Å². The molecule has 1 amide bonds. The van der Waals surface area contributed by atoms with Crippen LogP contribution >= 0.6 is 11.3 Å². The van der Waals surface area contributed by atoms with Gasteiger partial charge in [0.2, 0.25) is 4.96 Å². The van der Waals surface area contributed by atoms with E-state index in [1.165, 1.54) is 0 Å². The summed E-state index contributed by atoms with van der Waals surface area (Å²) in [7, 11) is 3.23. The molecule has 0 spiro atoms. The summed E-state index contributed by atoms with van der Waals surface area (Å²) < 4.78 is 12.2. The maximum Gasteiger partial charge on any atom is 0.251 e. The van der Waals surface area contributed by atoms with Gasteiger partial charge in [0.1, 0.15) is 11.5 Å². The van der Waals surface area contributed by atoms with E-state index >= 15 is 0 Å². The van der Waals surface area contributed by atoms with Gasteiger partial charge >= 0.3 is 0 Å². The van der Waals surface area contributed by atoms with Gasteiger partial charge in [0.15, 0.2) is 5.82 Å². The van der Waals surface area contributed by atoms with E-state index in [1.807, 2.05) is 41.8 Å². The highest BCUT2D eigenvalue weighted by atomic mass is 32.1. The molecule has 0 unspecified atom stereocenters. The molecule has 0 saturated carbocycles. The Morgan fingerprint density at radius 3 is 2.57 bits per heavy atom. The van der Waals surface area contributed by atoms with E-state index < -0.39 is 0 Å². The summed E-state index contributed by atoms with van der Waals surface area (Å²) >= 11 is 1.59. The molecular formula is C22H22N4O3S. The Morgan fingerprint density at radius 2 is 1.87 bits per heavy atom. The predicted molar refractivity (Wildman–Crippen MR) is 117 cm³/mol. The standard InChI is InChI=1S/C22H22N4O3S/c1-14-19(11-12-23-21(27)16-5-4-6-18(13-16)29-3)30-22-24-20(25-26(14)22)15-7-9-17(28-2)10-8-15/h4-10,13H,11-12H2,1-3H3,(H,23,27). The molecule has 2 heterocycles. The number of aryl methyl sites for hydroxylation is 1. The highest BCUT2D eigenvalue weighted by Gasteiger charge is 2.15. The molecule has 0 aliphatic carbocycles. The number of aromatic nitrogens is 3. The van der Waals surface area contributed by atoms with Gasteiger partial charge in [0.05, 0.1) is 19.9 Å². The minimum absolute atomic E-state index is 0.118. The molecule has 0 radical (unpaired) electrons. The largest absolute Gasteiger partial charge is 0.497 e. The van der Waals surface area contributed by atoms with Gasteiger partial charge in [-0.3, -0.25) is 4.79 Å². The third-order valence-electron chi connectivity index (χ3n) is 4.83. The van der Waals surface area contributed by atoms with Crippen LogP contribution in [0.5, 0.6) is 11.5 Å². The van der Waals surface area contributed by atoms with Crippen molar-refractivity contribution in [2.45, 2.75) is 13.3 Å². The van der Waals surface area contributed by atoms with Crippen molar-refractivity contribution in [1.82, 2.24) is 19.9 Å². The minimum Gasteiger partial charge on any atom is -0.497 e. The van der Waals surface area contributed by atoms with Gasteiger partial charge in [-0.15, -0.1) is 5.10 Å². The number of fused-ring (bicyclic) bond motifs is 1. The second kappa shape index (κ2) is 8.54. The van der Waals surface area contributed by atoms with E-state index in [0.29, 0.717) is 23.7 Å². The molecule has 4 aromatic rings. The summed E-state index contributed by atoms with van der Waals surface area (Å²) in [6.45, 7) is 2.56. The average Bonchev–Trinajstić information content (AvgIpc) is 3.33.